The highest BCUT2D eigenvalue weighted by molar-refractivity contribution is 8.13. The minimum Gasteiger partial charge on any atom is -0.288 e. The van der Waals surface area contributed by atoms with Crippen molar-refractivity contribution >= 4 is 16.9 Å². The molecule has 5 heteroatoms. The average molecular weight is 171 g/mol. The summed E-state index contributed by atoms with van der Waals surface area (Å²) in [5.74, 6) is 0.763. The summed E-state index contributed by atoms with van der Waals surface area (Å²) < 4.78 is 1.70. The van der Waals surface area contributed by atoms with E-state index >= 15 is 0 Å². The molecule has 0 saturated heterocycles. The first-order valence-electron chi connectivity index (χ1n) is 3.26. The van der Waals surface area contributed by atoms with E-state index in [0.717, 1.165) is 12.3 Å². The normalized spacial score (nSPS) is 9.91. The standard InChI is InChI=1S/C6H9N3OS/c1-6(10)11-5-4-9-3-2-7-8-9/h2-3H,4-5H2,1H3. The summed E-state index contributed by atoms with van der Waals surface area (Å²) in [6.07, 6.45) is 3.40. The van der Waals surface area contributed by atoms with E-state index in [4.69, 9.17) is 0 Å². The molecule has 4 nitrogen and oxygen atoms in total. The highest BCUT2D eigenvalue weighted by Gasteiger charge is 1.94. The molecule has 0 N–H and O–H groups in total. The van der Waals surface area contributed by atoms with Crippen molar-refractivity contribution in [3.05, 3.63) is 12.4 Å². The molecular formula is C6H9N3OS. The molecule has 0 aromatic carbocycles. The van der Waals surface area contributed by atoms with E-state index in [2.05, 4.69) is 10.3 Å². The van der Waals surface area contributed by atoms with Crippen LogP contribution in [0.1, 0.15) is 6.92 Å². The van der Waals surface area contributed by atoms with Crippen LogP contribution in [-0.2, 0) is 11.3 Å². The zero-order valence-electron chi connectivity index (χ0n) is 6.23. The third-order valence-electron chi connectivity index (χ3n) is 1.10. The van der Waals surface area contributed by atoms with Crippen molar-refractivity contribution in [3.8, 4) is 0 Å². The Morgan fingerprint density at radius 1 is 1.73 bits per heavy atom. The second-order valence-corrected chi connectivity index (χ2v) is 3.28. The second kappa shape index (κ2) is 4.12. The van der Waals surface area contributed by atoms with E-state index in [1.165, 1.54) is 11.8 Å². The summed E-state index contributed by atoms with van der Waals surface area (Å²) in [7, 11) is 0. The molecule has 0 atom stereocenters. The van der Waals surface area contributed by atoms with Crippen LogP contribution in [0.3, 0.4) is 0 Å². The first kappa shape index (κ1) is 8.26. The number of hydrogen-bond acceptors (Lipinski definition) is 4. The maximum Gasteiger partial charge on any atom is 0.185 e. The Hall–Kier alpha value is -0.840. The average Bonchev–Trinajstić information content (AvgIpc) is 2.39. The topological polar surface area (TPSA) is 47.8 Å². The molecule has 0 saturated carbocycles. The fourth-order valence-electron chi connectivity index (χ4n) is 0.635. The van der Waals surface area contributed by atoms with Crippen LogP contribution in [0.15, 0.2) is 12.4 Å². The van der Waals surface area contributed by atoms with Crippen molar-refractivity contribution < 1.29 is 4.79 Å². The Kier molecular flexibility index (Phi) is 3.10. The first-order chi connectivity index (χ1) is 5.29. The van der Waals surface area contributed by atoms with Gasteiger partial charge >= 0.3 is 0 Å². The molecule has 1 rings (SSSR count). The van der Waals surface area contributed by atoms with E-state index in [1.54, 1.807) is 24.0 Å². The van der Waals surface area contributed by atoms with E-state index in [9.17, 15) is 4.79 Å². The molecule has 1 aromatic heterocycles. The molecule has 0 bridgehead atoms. The number of nitrogens with zero attached hydrogens (tertiary/aromatic N) is 3. The minimum absolute atomic E-state index is 0.144. The Morgan fingerprint density at radius 2 is 2.55 bits per heavy atom. The van der Waals surface area contributed by atoms with Crippen molar-refractivity contribution in [2.45, 2.75) is 13.5 Å². The Bertz CT molecular complexity index is 222. The highest BCUT2D eigenvalue weighted by Crippen LogP contribution is 2.00. The summed E-state index contributed by atoms with van der Waals surface area (Å²) in [6.45, 7) is 2.30. The van der Waals surface area contributed by atoms with Gasteiger partial charge in [-0.2, -0.15) is 0 Å². The molecule has 0 unspecified atom stereocenters. The molecule has 0 aliphatic carbocycles. The van der Waals surface area contributed by atoms with Gasteiger partial charge in [0.1, 0.15) is 0 Å². The molecule has 0 aliphatic heterocycles. The Labute approximate surface area is 69.0 Å². The Balaban J connectivity index is 2.19. The van der Waals surface area contributed by atoms with Gasteiger partial charge in [-0.15, -0.1) is 5.10 Å². The predicted octanol–water partition coefficient (Wildman–Crippen LogP) is 0.558. The van der Waals surface area contributed by atoms with Crippen LogP contribution >= 0.6 is 11.8 Å². The monoisotopic (exact) mass is 171 g/mol. The van der Waals surface area contributed by atoms with Crippen LogP contribution in [0.5, 0.6) is 0 Å². The van der Waals surface area contributed by atoms with Crippen LogP contribution in [0.4, 0.5) is 0 Å². The second-order valence-electron chi connectivity index (χ2n) is 2.01. The van der Waals surface area contributed by atoms with Crippen molar-refractivity contribution in [2.24, 2.45) is 0 Å². The molecular weight excluding hydrogens is 162 g/mol. The number of carbonyl (C=O) groups is 1. The molecule has 11 heavy (non-hydrogen) atoms. The molecule has 1 heterocycles. The predicted molar refractivity (Wildman–Crippen MR) is 43.2 cm³/mol. The van der Waals surface area contributed by atoms with Gasteiger partial charge in [-0.05, 0) is 0 Å². The van der Waals surface area contributed by atoms with Crippen molar-refractivity contribution in [1.29, 1.82) is 0 Å². The van der Waals surface area contributed by atoms with Gasteiger partial charge in [0, 0.05) is 18.9 Å². The first-order valence-corrected chi connectivity index (χ1v) is 4.25. The van der Waals surface area contributed by atoms with Crippen molar-refractivity contribution in [2.75, 3.05) is 5.75 Å². The van der Waals surface area contributed by atoms with Gasteiger partial charge in [-0.25, -0.2) is 0 Å². The number of aryl methyl sites for hydroxylation is 1. The molecule has 1 aromatic rings. The number of aromatic nitrogens is 3. The Morgan fingerprint density at radius 3 is 3.09 bits per heavy atom. The van der Waals surface area contributed by atoms with E-state index in [-0.39, 0.29) is 5.12 Å². The third-order valence-corrected chi connectivity index (χ3v) is 1.89. The lowest BCUT2D eigenvalue weighted by atomic mass is 10.7. The molecule has 0 spiro atoms. The molecule has 0 fully saturated rings. The van der Waals surface area contributed by atoms with Gasteiger partial charge in [-0.3, -0.25) is 9.48 Å². The van der Waals surface area contributed by atoms with E-state index in [1.807, 2.05) is 0 Å². The van der Waals surface area contributed by atoms with E-state index in [0.29, 0.717) is 0 Å². The summed E-state index contributed by atoms with van der Waals surface area (Å²) in [6, 6.07) is 0. The van der Waals surface area contributed by atoms with Gasteiger partial charge < -0.3 is 0 Å². The lowest BCUT2D eigenvalue weighted by molar-refractivity contribution is -0.109. The zero-order chi connectivity index (χ0) is 8.10. The van der Waals surface area contributed by atoms with Crippen LogP contribution in [-0.4, -0.2) is 25.9 Å². The molecule has 0 radical (unpaired) electrons. The number of hydrogen-bond donors (Lipinski definition) is 0. The van der Waals surface area contributed by atoms with Gasteiger partial charge in [0.2, 0.25) is 0 Å². The molecule has 0 aliphatic rings. The van der Waals surface area contributed by atoms with Crippen LogP contribution in [0.2, 0.25) is 0 Å². The third kappa shape index (κ3) is 3.18. The number of thioether (sulfide) groups is 1. The smallest absolute Gasteiger partial charge is 0.185 e. The maximum atomic E-state index is 10.5. The van der Waals surface area contributed by atoms with Gasteiger partial charge in [0.05, 0.1) is 12.7 Å². The van der Waals surface area contributed by atoms with Crippen molar-refractivity contribution in [3.63, 3.8) is 0 Å². The SMILES string of the molecule is CC(=O)SCCn1ccnn1. The highest BCUT2D eigenvalue weighted by atomic mass is 32.2. The number of rotatable bonds is 3. The summed E-state index contributed by atoms with van der Waals surface area (Å²) in [5.41, 5.74) is 0. The molecule has 60 valence electrons. The van der Waals surface area contributed by atoms with Crippen molar-refractivity contribution in [1.82, 2.24) is 15.0 Å². The number of carbonyl (C=O) groups excluding carboxylic acids is 1. The van der Waals surface area contributed by atoms with Gasteiger partial charge in [0.25, 0.3) is 0 Å². The fourth-order valence-corrected chi connectivity index (χ4v) is 1.20. The maximum absolute atomic E-state index is 10.5. The quantitative estimate of drug-likeness (QED) is 0.666. The fraction of sp³-hybridized carbons (Fsp3) is 0.500. The zero-order valence-corrected chi connectivity index (χ0v) is 7.04. The summed E-state index contributed by atoms with van der Waals surface area (Å²) in [5, 5.41) is 7.54. The minimum atomic E-state index is 0.144. The molecule has 0 amide bonds. The lowest BCUT2D eigenvalue weighted by Crippen LogP contribution is -2.02. The summed E-state index contributed by atoms with van der Waals surface area (Å²) >= 11 is 1.30. The van der Waals surface area contributed by atoms with Gasteiger partial charge in [-0.1, -0.05) is 17.0 Å². The van der Waals surface area contributed by atoms with Gasteiger partial charge in [0.15, 0.2) is 5.12 Å². The summed E-state index contributed by atoms with van der Waals surface area (Å²) in [4.78, 5) is 10.5. The van der Waals surface area contributed by atoms with Crippen LogP contribution < -0.4 is 0 Å². The largest absolute Gasteiger partial charge is 0.288 e. The van der Waals surface area contributed by atoms with E-state index < -0.39 is 0 Å². The van der Waals surface area contributed by atoms with Crippen LogP contribution in [0, 0.1) is 0 Å². The lowest BCUT2D eigenvalue weighted by Gasteiger charge is -1.96. The van der Waals surface area contributed by atoms with Crippen LogP contribution in [0.25, 0.3) is 0 Å².